The Bertz CT molecular complexity index is 1570. The molecule has 0 bridgehead atoms. The van der Waals surface area contributed by atoms with Crippen LogP contribution in [-0.2, 0) is 23.9 Å². The molecule has 0 unspecified atom stereocenters. The Morgan fingerprint density at radius 2 is 1.68 bits per heavy atom. The van der Waals surface area contributed by atoms with E-state index in [1.165, 1.54) is 44.1 Å². The average Bonchev–Trinajstić information content (AvgIpc) is 2.94. The molecule has 12 heteroatoms. The number of thioether (sulfide) groups is 1. The van der Waals surface area contributed by atoms with Crippen LogP contribution in [0.2, 0.25) is 0 Å². The average molecular weight is 574 g/mol. The predicted octanol–water partition coefficient (Wildman–Crippen LogP) is 5.41. The van der Waals surface area contributed by atoms with Gasteiger partial charge in [-0.15, -0.1) is 0 Å². The molecule has 4 rings (SSSR count). The van der Waals surface area contributed by atoms with Crippen molar-refractivity contribution < 1.29 is 32.2 Å². The molecule has 0 saturated heterocycles. The smallest absolute Gasteiger partial charge is 0.416 e. The minimum Gasteiger partial charge on any atom is -0.497 e. The van der Waals surface area contributed by atoms with Gasteiger partial charge in [0.05, 0.1) is 43.5 Å². The summed E-state index contributed by atoms with van der Waals surface area (Å²) in [6.07, 6.45) is -4.17. The van der Waals surface area contributed by atoms with Gasteiger partial charge >= 0.3 is 6.18 Å². The number of nitrogens with one attached hydrogen (secondary N) is 1. The molecule has 0 aliphatic heterocycles. The van der Waals surface area contributed by atoms with Crippen molar-refractivity contribution >= 4 is 34.3 Å². The number of hydrogen-bond donors (Lipinski definition) is 1. The van der Waals surface area contributed by atoms with Gasteiger partial charge in [-0.3, -0.25) is 14.2 Å². The number of hydrogen-bond acceptors (Lipinski definition) is 7. The van der Waals surface area contributed by atoms with Gasteiger partial charge in [0.2, 0.25) is 5.91 Å². The molecular weight excluding hydrogens is 547 g/mol. The highest BCUT2D eigenvalue weighted by Crippen LogP contribution is 2.32. The van der Waals surface area contributed by atoms with Gasteiger partial charge in [0.15, 0.2) is 16.7 Å². The number of benzene rings is 3. The molecule has 0 radical (unpaired) electrons. The number of aromatic nitrogens is 2. The molecule has 4 aromatic rings. The molecule has 0 saturated carbocycles. The molecule has 0 fully saturated rings. The van der Waals surface area contributed by atoms with Crippen LogP contribution < -0.4 is 25.1 Å². The normalized spacial score (nSPS) is 11.3. The molecule has 0 spiro atoms. The Hall–Kier alpha value is -4.19. The van der Waals surface area contributed by atoms with Crippen LogP contribution in [0.5, 0.6) is 17.2 Å². The largest absolute Gasteiger partial charge is 0.497 e. The topological polar surface area (TPSA) is 91.7 Å². The summed E-state index contributed by atoms with van der Waals surface area (Å²) in [6, 6.07) is 14.8. The molecule has 1 aromatic heterocycles. The van der Waals surface area contributed by atoms with Crippen molar-refractivity contribution in [2.45, 2.75) is 24.3 Å². The lowest BCUT2D eigenvalue weighted by Gasteiger charge is -2.15. The second kappa shape index (κ2) is 12.3. The van der Waals surface area contributed by atoms with Crippen LogP contribution in [0.25, 0.3) is 10.9 Å². The molecule has 0 aliphatic carbocycles. The molecule has 0 atom stereocenters. The lowest BCUT2D eigenvalue weighted by atomic mass is 10.1. The van der Waals surface area contributed by atoms with E-state index in [9.17, 15) is 22.8 Å². The van der Waals surface area contributed by atoms with Gasteiger partial charge in [-0.25, -0.2) is 4.98 Å². The van der Waals surface area contributed by atoms with Crippen LogP contribution in [0.4, 0.5) is 18.9 Å². The van der Waals surface area contributed by atoms with Crippen LogP contribution in [0, 0.1) is 0 Å². The highest BCUT2D eigenvalue weighted by molar-refractivity contribution is 7.99. The predicted molar refractivity (Wildman–Crippen MR) is 147 cm³/mol. The number of anilines is 1. The Labute approximate surface area is 232 Å². The van der Waals surface area contributed by atoms with Crippen LogP contribution in [-0.4, -0.2) is 42.5 Å². The van der Waals surface area contributed by atoms with Gasteiger partial charge in [-0.05, 0) is 42.3 Å². The fraction of sp³-hybridized carbons (Fsp3) is 0.250. The molecule has 40 heavy (non-hydrogen) atoms. The third-order valence-electron chi connectivity index (χ3n) is 6.02. The van der Waals surface area contributed by atoms with Crippen LogP contribution in [0.1, 0.15) is 11.1 Å². The molecule has 1 heterocycles. The SMILES string of the molecule is COc1cccc(NC(=O)CSc2nc3cc(OC)c(OC)cc3c(=O)n2CCc2ccc(C(F)(F)F)cc2)c1. The molecule has 3 aromatic carbocycles. The zero-order valence-corrected chi connectivity index (χ0v) is 22.7. The van der Waals surface area contributed by atoms with Crippen LogP contribution in [0.15, 0.2) is 70.6 Å². The van der Waals surface area contributed by atoms with Crippen molar-refractivity contribution in [2.24, 2.45) is 0 Å². The Balaban J connectivity index is 1.63. The summed E-state index contributed by atoms with van der Waals surface area (Å²) in [5.74, 6) is 0.942. The minimum atomic E-state index is -4.44. The first kappa shape index (κ1) is 28.8. The van der Waals surface area contributed by atoms with Gasteiger partial charge < -0.3 is 19.5 Å². The van der Waals surface area contributed by atoms with E-state index in [1.807, 2.05) is 0 Å². The third-order valence-corrected chi connectivity index (χ3v) is 6.99. The first-order chi connectivity index (χ1) is 19.1. The fourth-order valence-corrected chi connectivity index (χ4v) is 4.79. The Morgan fingerprint density at radius 1 is 0.975 bits per heavy atom. The second-order valence-corrected chi connectivity index (χ2v) is 9.53. The molecule has 8 nitrogen and oxygen atoms in total. The number of halogens is 3. The highest BCUT2D eigenvalue weighted by atomic mass is 32.2. The molecule has 0 aliphatic rings. The number of amides is 1. The van der Waals surface area contributed by atoms with Crippen molar-refractivity contribution in [3.8, 4) is 17.2 Å². The van der Waals surface area contributed by atoms with E-state index in [0.29, 0.717) is 34.0 Å². The summed E-state index contributed by atoms with van der Waals surface area (Å²) in [5, 5.41) is 3.33. The maximum Gasteiger partial charge on any atom is 0.416 e. The molecule has 1 N–H and O–H groups in total. The van der Waals surface area contributed by atoms with Crippen molar-refractivity contribution in [2.75, 3.05) is 32.4 Å². The third kappa shape index (κ3) is 6.68. The quantitative estimate of drug-likeness (QED) is 0.200. The van der Waals surface area contributed by atoms with Gasteiger partial charge in [-0.1, -0.05) is 30.0 Å². The number of rotatable bonds is 10. The summed E-state index contributed by atoms with van der Waals surface area (Å²) in [5.41, 5.74) is 0.379. The van der Waals surface area contributed by atoms with E-state index in [1.54, 1.807) is 30.3 Å². The van der Waals surface area contributed by atoms with E-state index in [-0.39, 0.29) is 40.7 Å². The van der Waals surface area contributed by atoms with E-state index in [2.05, 4.69) is 10.3 Å². The van der Waals surface area contributed by atoms with Crippen LogP contribution in [0.3, 0.4) is 0 Å². The van der Waals surface area contributed by atoms with Gasteiger partial charge in [0.25, 0.3) is 5.56 Å². The number of ether oxygens (including phenoxy) is 3. The number of methoxy groups -OCH3 is 3. The van der Waals surface area contributed by atoms with Crippen molar-refractivity contribution in [3.05, 3.63) is 82.1 Å². The van der Waals surface area contributed by atoms with Gasteiger partial charge in [0.1, 0.15) is 5.75 Å². The first-order valence-corrected chi connectivity index (χ1v) is 13.0. The van der Waals surface area contributed by atoms with E-state index < -0.39 is 11.7 Å². The van der Waals surface area contributed by atoms with Crippen LogP contribution >= 0.6 is 11.8 Å². The van der Waals surface area contributed by atoms with Crippen molar-refractivity contribution in [3.63, 3.8) is 0 Å². The molecule has 1 amide bonds. The zero-order valence-electron chi connectivity index (χ0n) is 21.9. The number of alkyl halides is 3. The number of carbonyl (C=O) groups excluding carboxylic acids is 1. The highest BCUT2D eigenvalue weighted by Gasteiger charge is 2.30. The number of nitrogens with zero attached hydrogens (tertiary/aromatic N) is 2. The monoisotopic (exact) mass is 573 g/mol. The lowest BCUT2D eigenvalue weighted by molar-refractivity contribution is -0.137. The van der Waals surface area contributed by atoms with Crippen molar-refractivity contribution in [1.82, 2.24) is 9.55 Å². The van der Waals surface area contributed by atoms with E-state index in [0.717, 1.165) is 23.9 Å². The Morgan fingerprint density at radius 3 is 2.33 bits per heavy atom. The maximum absolute atomic E-state index is 13.6. The summed E-state index contributed by atoms with van der Waals surface area (Å²) >= 11 is 1.07. The summed E-state index contributed by atoms with van der Waals surface area (Å²) in [4.78, 5) is 30.9. The maximum atomic E-state index is 13.6. The standard InChI is InChI=1S/C28H26F3N3O5S/c1-37-20-6-4-5-19(13-20)32-25(35)16-40-27-33-22-15-24(39-3)23(38-2)14-21(22)26(36)34(27)12-11-17-7-9-18(10-8-17)28(29,30)31/h4-10,13-15H,11-12,16H2,1-3H3,(H,32,35). The number of fused-ring (bicyclic) bond motifs is 1. The van der Waals surface area contributed by atoms with Gasteiger partial charge in [-0.2, -0.15) is 13.2 Å². The fourth-order valence-electron chi connectivity index (χ4n) is 3.96. The van der Waals surface area contributed by atoms with Gasteiger partial charge in [0, 0.05) is 24.4 Å². The number of aryl methyl sites for hydroxylation is 1. The summed E-state index contributed by atoms with van der Waals surface area (Å²) in [6.45, 7) is 0.126. The first-order valence-electron chi connectivity index (χ1n) is 12.0. The lowest BCUT2D eigenvalue weighted by Crippen LogP contribution is -2.25. The second-order valence-electron chi connectivity index (χ2n) is 8.59. The molecule has 210 valence electrons. The van der Waals surface area contributed by atoms with Crippen molar-refractivity contribution in [1.29, 1.82) is 0 Å². The summed E-state index contributed by atoms with van der Waals surface area (Å²) < 4.78 is 56.1. The zero-order chi connectivity index (χ0) is 28.9. The Kier molecular flexibility index (Phi) is 8.88. The number of carbonyl (C=O) groups is 1. The summed E-state index contributed by atoms with van der Waals surface area (Å²) in [7, 11) is 4.44. The molecular formula is C28H26F3N3O5S. The van der Waals surface area contributed by atoms with E-state index in [4.69, 9.17) is 14.2 Å². The van der Waals surface area contributed by atoms with E-state index >= 15 is 0 Å². The minimum absolute atomic E-state index is 0.0529.